The number of nitrogens with one attached hydrogen (secondary N) is 9. The van der Waals surface area contributed by atoms with E-state index in [1.165, 1.54) is 69.7 Å². The Balaban J connectivity index is 0.970. The van der Waals surface area contributed by atoms with Crippen LogP contribution in [0.2, 0.25) is 0 Å². The first-order valence-corrected chi connectivity index (χ1v) is 42.1. The highest BCUT2D eigenvalue weighted by atomic mass is 35.5. The van der Waals surface area contributed by atoms with Crippen LogP contribution in [0.3, 0.4) is 0 Å². The number of ether oxygens (including phenoxy) is 7. The molecule has 6 fully saturated rings. The first-order valence-electron chi connectivity index (χ1n) is 40.2. The molecule has 2 aromatic rings. The number of carbonyl (C=O) groups excluding carboxylic acids is 8. The number of nitrogens with two attached hydrogens (primary N) is 1. The molecule has 0 spiro atoms. The minimum absolute atomic E-state index is 0.0246. The number of aliphatic hydroxyl groups is 8. The number of amides is 8. The molecular formula is C82H105ClN10O25S. The minimum Gasteiger partial charge on any atom is -0.512 e. The summed E-state index contributed by atoms with van der Waals surface area (Å²) in [4.78, 5) is 124. The van der Waals surface area contributed by atoms with Crippen LogP contribution in [0, 0.1) is 41.4 Å². The van der Waals surface area contributed by atoms with Gasteiger partial charge in [0.15, 0.2) is 11.5 Å². The summed E-state index contributed by atoms with van der Waals surface area (Å²) in [6, 6.07) is -7.10. The van der Waals surface area contributed by atoms with E-state index < -0.39 is 231 Å². The fraction of sp³-hybridized carbons (Fsp3) is 0.561. The second-order valence-electron chi connectivity index (χ2n) is 32.8. The number of hydrogen-bond acceptors (Lipinski definition) is 27. The number of carbonyl (C=O) groups is 8. The van der Waals surface area contributed by atoms with Crippen LogP contribution in [0.1, 0.15) is 110 Å². The molecule has 15 bridgehead atoms. The quantitative estimate of drug-likeness (QED) is 0.0594. The lowest BCUT2D eigenvalue weighted by atomic mass is 9.54. The first kappa shape index (κ1) is 87.5. The third-order valence-electron chi connectivity index (χ3n) is 24.2. The van der Waals surface area contributed by atoms with E-state index in [9.17, 15) is 58.9 Å². The van der Waals surface area contributed by atoms with E-state index >= 15 is 28.8 Å². The van der Waals surface area contributed by atoms with Crippen LogP contribution in [0.5, 0.6) is 23.0 Å². The maximum absolute atomic E-state index is 16.6. The van der Waals surface area contributed by atoms with Crippen molar-refractivity contribution in [3.8, 4) is 23.0 Å². The van der Waals surface area contributed by atoms with E-state index in [4.69, 9.17) is 50.5 Å². The van der Waals surface area contributed by atoms with Gasteiger partial charge in [-0.05, 0) is 189 Å². The van der Waals surface area contributed by atoms with E-state index in [0.29, 0.717) is 18.4 Å². The molecule has 8 amide bonds. The molecule has 119 heavy (non-hydrogen) atoms. The Morgan fingerprint density at radius 1 is 0.739 bits per heavy atom. The van der Waals surface area contributed by atoms with Crippen LogP contribution in [-0.2, 0) is 62.6 Å². The number of methoxy groups -OCH3 is 1. The number of hydrogen-bond donors (Lipinski definition) is 18. The Hall–Kier alpha value is -9.28. The molecule has 2 unspecified atom stereocenters. The number of aliphatic hydroxyl groups excluding tert-OH is 8. The average Bonchev–Trinajstić information content (AvgIpc) is 0.751. The normalized spacial score (nSPS) is 33.0. The Morgan fingerprint density at radius 3 is 2.08 bits per heavy atom. The van der Waals surface area contributed by atoms with Gasteiger partial charge >= 0.3 is 0 Å². The van der Waals surface area contributed by atoms with Gasteiger partial charge < -0.3 is 122 Å². The highest BCUT2D eigenvalue weighted by Gasteiger charge is 2.53. The van der Waals surface area contributed by atoms with Gasteiger partial charge in [0.05, 0.1) is 60.3 Å². The zero-order valence-corrected chi connectivity index (χ0v) is 68.1. The topological polar surface area (TPSA) is 531 Å². The SMILES string of the molecule is CN[C@H](CC(C)C)C(=O)N[C@H]1C(=O)N[C@@H](CC(=O)NS(=O)(=O)c2ccc(OCCOCCOC)cc2)C(=O)N[C@H]2C(=O)N[C@H]3C(=O)N[C@H](C(=O)N[C@H](C(=O)NC4C5CC6CC(C5)CC4C6)C4=C[C@H](O)CC(O)=C4C4C(O)=CC=C3C4C)[C@H](O)C3=CC=C(Oc4cc2cc(c4O[C@@H]2O[C@H](CN)[C@@H](O)[C@H](O)[C@H]2O)OC2=C(C)C=C(CC2)[C@H]1O)[C@@H](Cl)C3. The number of sulfonamides is 1. The smallest absolute Gasteiger partial charge is 0.264 e. The Kier molecular flexibility index (Phi) is 27.2. The molecule has 35 nitrogen and oxygen atoms in total. The molecule has 6 aliphatic heterocycles. The van der Waals surface area contributed by atoms with Gasteiger partial charge in [-0.2, -0.15) is 0 Å². The van der Waals surface area contributed by atoms with Crippen molar-refractivity contribution in [1.82, 2.24) is 47.3 Å². The van der Waals surface area contributed by atoms with Crippen molar-refractivity contribution in [2.75, 3.05) is 47.1 Å². The largest absolute Gasteiger partial charge is 0.512 e. The fourth-order valence-corrected chi connectivity index (χ4v) is 19.6. The minimum atomic E-state index is -4.90. The summed E-state index contributed by atoms with van der Waals surface area (Å²) in [6.45, 7) is 7.12. The number of rotatable bonds is 21. The van der Waals surface area contributed by atoms with Crippen LogP contribution < -0.4 is 71.9 Å². The fourth-order valence-electron chi connectivity index (χ4n) is 18.3. The summed E-state index contributed by atoms with van der Waals surface area (Å²) in [5, 5.41) is 116. The first-order chi connectivity index (χ1) is 56.7. The average molecular weight is 1700 g/mol. The van der Waals surface area contributed by atoms with Crippen molar-refractivity contribution in [3.63, 3.8) is 0 Å². The molecule has 4 saturated carbocycles. The molecule has 2 saturated heterocycles. The molecule has 646 valence electrons. The Bertz CT molecular complexity index is 4630. The van der Waals surface area contributed by atoms with Crippen molar-refractivity contribution in [2.45, 2.75) is 206 Å². The van der Waals surface area contributed by atoms with Gasteiger partial charge in [-0.25, -0.2) is 13.1 Å². The predicted molar refractivity (Wildman–Crippen MR) is 423 cm³/mol. The lowest BCUT2D eigenvalue weighted by molar-refractivity contribution is -0.270. The maximum Gasteiger partial charge on any atom is 0.264 e. The second-order valence-corrected chi connectivity index (χ2v) is 35.1. The third-order valence-corrected chi connectivity index (χ3v) is 26.0. The van der Waals surface area contributed by atoms with Gasteiger partial charge in [0.25, 0.3) is 10.0 Å². The molecule has 8 aliphatic carbocycles. The van der Waals surface area contributed by atoms with Gasteiger partial charge in [0, 0.05) is 38.1 Å². The van der Waals surface area contributed by atoms with E-state index in [1.54, 1.807) is 6.92 Å². The Morgan fingerprint density at radius 2 is 1.42 bits per heavy atom. The predicted octanol–water partition coefficient (Wildman–Crippen LogP) is 0.398. The molecule has 0 aromatic heterocycles. The number of benzene rings is 2. The van der Waals surface area contributed by atoms with Gasteiger partial charge in [-0.1, -0.05) is 39.0 Å². The lowest BCUT2D eigenvalue weighted by Gasteiger charge is -2.54. The van der Waals surface area contributed by atoms with Gasteiger partial charge in [-0.15, -0.1) is 11.6 Å². The van der Waals surface area contributed by atoms with Crippen molar-refractivity contribution in [3.05, 3.63) is 135 Å². The molecule has 14 aliphatic rings. The third kappa shape index (κ3) is 19.1. The summed E-state index contributed by atoms with van der Waals surface area (Å²) in [5.74, 6) is -13.9. The summed E-state index contributed by atoms with van der Waals surface area (Å²) >= 11 is 7.36. The zero-order chi connectivity index (χ0) is 85.3. The van der Waals surface area contributed by atoms with Crippen LogP contribution in [0.15, 0.2) is 134 Å². The molecule has 6 heterocycles. The number of halogens is 1. The molecule has 0 radical (unpaired) electrons. The monoisotopic (exact) mass is 1700 g/mol. The van der Waals surface area contributed by atoms with Crippen LogP contribution >= 0.6 is 11.6 Å². The number of fused-ring (bicyclic) bond motifs is 15. The van der Waals surface area contributed by atoms with Crippen LogP contribution in [0.25, 0.3) is 0 Å². The lowest BCUT2D eigenvalue weighted by Crippen LogP contribution is -2.64. The maximum atomic E-state index is 16.6. The number of allylic oxidation sites excluding steroid dienone is 9. The molecule has 16 rings (SSSR count). The number of likely N-dealkylation sites (N-methyl/N-ethyl adjacent to an activating group) is 1. The van der Waals surface area contributed by atoms with E-state index in [1.807, 2.05) is 18.6 Å². The molecule has 18 atom stereocenters. The van der Waals surface area contributed by atoms with E-state index in [0.717, 1.165) is 56.4 Å². The van der Waals surface area contributed by atoms with Crippen molar-refractivity contribution in [1.29, 1.82) is 0 Å². The summed E-state index contributed by atoms with van der Waals surface area (Å²) in [6.07, 6.45) is -4.77. The molecule has 19 N–H and O–H groups in total. The number of alkyl halides is 1. The van der Waals surface area contributed by atoms with Gasteiger partial charge in [0.1, 0.15) is 103 Å². The van der Waals surface area contributed by atoms with Gasteiger partial charge in [-0.3, -0.25) is 38.4 Å². The van der Waals surface area contributed by atoms with Crippen LogP contribution in [0.4, 0.5) is 0 Å². The summed E-state index contributed by atoms with van der Waals surface area (Å²) in [7, 11) is -1.90. The summed E-state index contributed by atoms with van der Waals surface area (Å²) < 4.78 is 72.8. The van der Waals surface area contributed by atoms with E-state index in [-0.39, 0.29) is 114 Å². The second kappa shape index (κ2) is 37.0. The molecular weight excluding hydrogens is 1590 g/mol. The zero-order valence-electron chi connectivity index (χ0n) is 66.5. The van der Waals surface area contributed by atoms with E-state index in [2.05, 4.69) is 42.5 Å². The van der Waals surface area contributed by atoms with Crippen molar-refractivity contribution in [2.24, 2.45) is 47.2 Å². The Labute approximate surface area is 691 Å². The highest BCUT2D eigenvalue weighted by Crippen LogP contribution is 2.55. The van der Waals surface area contributed by atoms with Crippen molar-refractivity contribution < 1.29 is 121 Å². The molecule has 37 heteroatoms. The van der Waals surface area contributed by atoms with Crippen LogP contribution in [-0.4, -0.2) is 240 Å². The highest BCUT2D eigenvalue weighted by molar-refractivity contribution is 7.90. The standard InChI is InChI=1S/C82H105ClN10O25S/c1-35(2)21-51(85-5)75(103)91-67-69(98)40-7-15-55(36(3)22-40)115-57-29-44-30-58(74(57)118-82-73(102)72(101)71(100)59(34-84)117-82)116-56-16-8-41(28-50(56)83)70(99)68-81(109)90-66(79(107)87-63-42-24-38-23-39(26-42)27-43(63)25-38)49-31-45(94)32-54(96)62(49)61-37(4)48(13-14-53(61)95)65(78(106)92-68)89-77(105)64(44)88-76(104)52(86-80(67)108)33-60(97)93-119(110,111)47-11-9-46(10-12-47)114-20-19-113-18-17-112-6/h8-14,16,22,29-31,35,37-39,42-43,45,50-52,59,61,63-73,82,85,94-96,98-102H,7,15,17-21,23-28,32-34,84H2,1-6H3,(H,86,108)(H,87,107)(H,88,104)(H,89,105)(H,90,109)(H,91,103)(H,92,106)(H,93,97)/t37?,38?,39?,42?,43?,45-,50-,51+,52-,59+,61?,63?,64+,65+,66-,67+,68-,69+,70+,71+,72-,73+,82-/m0/s1. The molecule has 2 aromatic carbocycles. The summed E-state index contributed by atoms with van der Waals surface area (Å²) in [5.41, 5.74) is 5.56. The van der Waals surface area contributed by atoms with Crippen molar-refractivity contribution >= 4 is 68.9 Å². The van der Waals surface area contributed by atoms with Gasteiger partial charge in [0.2, 0.25) is 59.3 Å².